The van der Waals surface area contributed by atoms with Crippen molar-refractivity contribution in [3.8, 4) is 0 Å². The highest BCUT2D eigenvalue weighted by Crippen LogP contribution is 2.19. The molecule has 150 valence electrons. The van der Waals surface area contributed by atoms with Gasteiger partial charge in [-0.25, -0.2) is 4.79 Å². The van der Waals surface area contributed by atoms with Crippen molar-refractivity contribution in [2.75, 3.05) is 6.54 Å². The van der Waals surface area contributed by atoms with Crippen LogP contribution in [0.1, 0.15) is 30.5 Å². The smallest absolute Gasteiger partial charge is 0.355 e. The minimum Gasteiger partial charge on any atom is -0.448 e. The van der Waals surface area contributed by atoms with Crippen LogP contribution in [0.3, 0.4) is 0 Å². The third kappa shape index (κ3) is 5.31. The van der Waals surface area contributed by atoms with Crippen molar-refractivity contribution < 1.29 is 19.1 Å². The van der Waals surface area contributed by atoms with Crippen LogP contribution in [-0.4, -0.2) is 35.3 Å². The molecule has 0 aromatic heterocycles. The molecule has 1 heterocycles. The Morgan fingerprint density at radius 1 is 1.03 bits per heavy atom. The van der Waals surface area contributed by atoms with Crippen LogP contribution in [0.2, 0.25) is 0 Å². The molecule has 6 nitrogen and oxygen atoms in total. The first-order chi connectivity index (χ1) is 13.9. The average Bonchev–Trinajstić information content (AvgIpc) is 2.72. The second-order valence-electron chi connectivity index (χ2n) is 6.98. The molecule has 0 spiro atoms. The van der Waals surface area contributed by atoms with E-state index in [2.05, 4.69) is 11.4 Å². The lowest BCUT2D eigenvalue weighted by molar-refractivity contribution is -0.157. The highest BCUT2D eigenvalue weighted by molar-refractivity contribution is 5.98. The number of amides is 2. The summed E-state index contributed by atoms with van der Waals surface area (Å²) >= 11 is 0. The molecule has 1 N–H and O–H groups in total. The Morgan fingerprint density at radius 2 is 1.69 bits per heavy atom. The summed E-state index contributed by atoms with van der Waals surface area (Å²) in [6, 6.07) is 17.1. The van der Waals surface area contributed by atoms with Gasteiger partial charge >= 0.3 is 5.97 Å². The molecular formula is C23H24N2O4. The summed E-state index contributed by atoms with van der Waals surface area (Å²) in [5.41, 5.74) is 3.07. The molecule has 0 fully saturated rings. The Labute approximate surface area is 170 Å². The largest absolute Gasteiger partial charge is 0.448 e. The van der Waals surface area contributed by atoms with Gasteiger partial charge in [-0.05, 0) is 36.1 Å². The van der Waals surface area contributed by atoms with Gasteiger partial charge in [0.15, 0.2) is 6.10 Å². The number of esters is 1. The van der Waals surface area contributed by atoms with Gasteiger partial charge in [0.2, 0.25) is 5.91 Å². The number of hydrogen-bond donors (Lipinski definition) is 1. The first kappa shape index (κ1) is 20.3. The van der Waals surface area contributed by atoms with E-state index >= 15 is 0 Å². The lowest BCUT2D eigenvalue weighted by Crippen LogP contribution is -2.43. The molecule has 3 rings (SSSR count). The van der Waals surface area contributed by atoms with Gasteiger partial charge in [-0.1, -0.05) is 54.6 Å². The number of nitrogens with one attached hydrogen (secondary N) is 1. The van der Waals surface area contributed by atoms with Crippen molar-refractivity contribution in [2.24, 2.45) is 0 Å². The van der Waals surface area contributed by atoms with Crippen LogP contribution in [-0.2, 0) is 32.1 Å². The van der Waals surface area contributed by atoms with E-state index in [0.29, 0.717) is 13.1 Å². The molecule has 0 bridgehead atoms. The molecule has 1 aliphatic heterocycles. The summed E-state index contributed by atoms with van der Waals surface area (Å²) in [5, 5.41) is 2.49. The van der Waals surface area contributed by atoms with Crippen molar-refractivity contribution in [3.05, 3.63) is 77.0 Å². The minimum absolute atomic E-state index is 0.00709. The zero-order valence-corrected chi connectivity index (χ0v) is 16.6. The van der Waals surface area contributed by atoms with Gasteiger partial charge in [-0.2, -0.15) is 0 Å². The number of nitrogens with zero attached hydrogens (tertiary/aromatic N) is 1. The Hall–Kier alpha value is -3.41. The molecule has 0 radical (unpaired) electrons. The van der Waals surface area contributed by atoms with Crippen LogP contribution in [0, 0.1) is 0 Å². The van der Waals surface area contributed by atoms with Crippen molar-refractivity contribution in [3.63, 3.8) is 0 Å². The molecule has 0 saturated carbocycles. The van der Waals surface area contributed by atoms with Crippen molar-refractivity contribution in [1.29, 1.82) is 0 Å². The van der Waals surface area contributed by atoms with Crippen molar-refractivity contribution >= 4 is 23.9 Å². The zero-order valence-electron chi connectivity index (χ0n) is 16.6. The summed E-state index contributed by atoms with van der Waals surface area (Å²) in [5.74, 6) is -1.40. The van der Waals surface area contributed by atoms with Crippen LogP contribution in [0.4, 0.5) is 0 Å². The van der Waals surface area contributed by atoms with Gasteiger partial charge in [0.25, 0.3) is 5.91 Å². The number of hydrogen-bond acceptors (Lipinski definition) is 4. The van der Waals surface area contributed by atoms with Crippen LogP contribution in [0.5, 0.6) is 0 Å². The van der Waals surface area contributed by atoms with Crippen LogP contribution < -0.4 is 5.32 Å². The molecule has 29 heavy (non-hydrogen) atoms. The third-order valence-electron chi connectivity index (χ3n) is 4.72. The molecular weight excluding hydrogens is 368 g/mol. The number of carbonyl (C=O) groups is 3. The standard InChI is InChI=1S/C23H24N2O4/c1-16(22(27)25-13-12-19-10-6-7-11-20(19)15-25)29-23(28)21(24-17(2)26)14-18-8-4-3-5-9-18/h3-11,14,16H,12-13,15H2,1-2H3,(H,24,26)/b21-14-. The molecule has 2 aromatic rings. The number of rotatable bonds is 5. The summed E-state index contributed by atoms with van der Waals surface area (Å²) in [6.45, 7) is 3.94. The molecule has 6 heteroatoms. The summed E-state index contributed by atoms with van der Waals surface area (Å²) in [6.07, 6.45) is 1.34. The minimum atomic E-state index is -0.958. The predicted molar refractivity (Wildman–Crippen MR) is 109 cm³/mol. The lowest BCUT2D eigenvalue weighted by atomic mass is 9.99. The highest BCUT2D eigenvalue weighted by atomic mass is 16.5. The summed E-state index contributed by atoms with van der Waals surface area (Å²) in [7, 11) is 0. The Bertz CT molecular complexity index is 937. The fourth-order valence-corrected chi connectivity index (χ4v) is 3.27. The maximum Gasteiger partial charge on any atom is 0.355 e. The number of carbonyl (C=O) groups excluding carboxylic acids is 3. The van der Waals surface area contributed by atoms with Crippen LogP contribution in [0.25, 0.3) is 6.08 Å². The van der Waals surface area contributed by atoms with Gasteiger partial charge < -0.3 is 15.0 Å². The Morgan fingerprint density at radius 3 is 2.38 bits per heavy atom. The Balaban J connectivity index is 1.68. The summed E-state index contributed by atoms with van der Waals surface area (Å²) in [4.78, 5) is 38.6. The summed E-state index contributed by atoms with van der Waals surface area (Å²) < 4.78 is 5.38. The SMILES string of the molecule is CC(=O)N/C(=C\c1ccccc1)C(=O)OC(C)C(=O)N1CCc2ccccc2C1. The van der Waals surface area contributed by atoms with E-state index in [4.69, 9.17) is 4.74 Å². The monoisotopic (exact) mass is 392 g/mol. The molecule has 1 atom stereocenters. The zero-order chi connectivity index (χ0) is 20.8. The van der Waals surface area contributed by atoms with E-state index in [1.54, 1.807) is 24.0 Å². The molecule has 1 aliphatic rings. The van der Waals surface area contributed by atoms with Gasteiger partial charge in [-0.3, -0.25) is 9.59 Å². The maximum absolute atomic E-state index is 12.8. The fraction of sp³-hybridized carbons (Fsp3) is 0.261. The topological polar surface area (TPSA) is 75.7 Å². The van der Waals surface area contributed by atoms with Gasteiger partial charge in [-0.15, -0.1) is 0 Å². The van der Waals surface area contributed by atoms with E-state index in [9.17, 15) is 14.4 Å². The third-order valence-corrected chi connectivity index (χ3v) is 4.72. The van der Waals surface area contributed by atoms with E-state index in [-0.39, 0.29) is 11.6 Å². The first-order valence-electron chi connectivity index (χ1n) is 9.55. The number of fused-ring (bicyclic) bond motifs is 1. The Kier molecular flexibility index (Phi) is 6.44. The van der Waals surface area contributed by atoms with Crippen molar-refractivity contribution in [2.45, 2.75) is 32.9 Å². The molecule has 0 saturated heterocycles. The molecule has 2 amide bonds. The van der Waals surface area contributed by atoms with Crippen molar-refractivity contribution in [1.82, 2.24) is 10.2 Å². The number of ether oxygens (including phenoxy) is 1. The molecule has 2 aromatic carbocycles. The van der Waals surface area contributed by atoms with E-state index in [0.717, 1.165) is 17.5 Å². The van der Waals surface area contributed by atoms with E-state index in [1.807, 2.05) is 36.4 Å². The van der Waals surface area contributed by atoms with Gasteiger partial charge in [0.1, 0.15) is 5.70 Å². The molecule has 0 aliphatic carbocycles. The van der Waals surface area contributed by atoms with Crippen LogP contribution in [0.15, 0.2) is 60.3 Å². The van der Waals surface area contributed by atoms with Gasteiger partial charge in [0.05, 0.1) is 0 Å². The second-order valence-corrected chi connectivity index (χ2v) is 6.98. The number of benzene rings is 2. The quantitative estimate of drug-likeness (QED) is 0.627. The van der Waals surface area contributed by atoms with E-state index < -0.39 is 18.0 Å². The van der Waals surface area contributed by atoms with E-state index in [1.165, 1.54) is 18.6 Å². The average molecular weight is 392 g/mol. The normalized spacial score (nSPS) is 14.6. The lowest BCUT2D eigenvalue weighted by Gasteiger charge is -2.30. The highest BCUT2D eigenvalue weighted by Gasteiger charge is 2.28. The van der Waals surface area contributed by atoms with Gasteiger partial charge in [0, 0.05) is 20.0 Å². The van der Waals surface area contributed by atoms with Crippen LogP contribution >= 0.6 is 0 Å². The first-order valence-corrected chi connectivity index (χ1v) is 9.55. The molecule has 1 unspecified atom stereocenters. The maximum atomic E-state index is 12.8. The predicted octanol–water partition coefficient (Wildman–Crippen LogP) is 2.68. The fourth-order valence-electron chi connectivity index (χ4n) is 3.27. The second kappa shape index (κ2) is 9.19.